The van der Waals surface area contributed by atoms with Gasteiger partial charge in [0.2, 0.25) is 0 Å². The Morgan fingerprint density at radius 1 is 1.16 bits per heavy atom. The van der Waals surface area contributed by atoms with Gasteiger partial charge in [0.05, 0.1) is 0 Å². The van der Waals surface area contributed by atoms with Gasteiger partial charge in [0.25, 0.3) is 0 Å². The van der Waals surface area contributed by atoms with Gasteiger partial charge in [0, 0.05) is 32.7 Å². The number of hydrogen-bond donors (Lipinski definition) is 1. The molecule has 3 rings (SSSR count). The zero-order valence-electron chi connectivity index (χ0n) is 16.4. The molecule has 3 aliphatic rings. The fourth-order valence-corrected chi connectivity index (χ4v) is 4.75. The molecule has 4 nitrogen and oxygen atoms in total. The second-order valence-corrected chi connectivity index (χ2v) is 8.52. The summed E-state index contributed by atoms with van der Waals surface area (Å²) in [6.07, 6.45) is 11.0. The average Bonchev–Trinajstić information content (AvgIpc) is 2.99. The van der Waals surface area contributed by atoms with Crippen LogP contribution in [0.15, 0.2) is 4.99 Å². The minimum atomic E-state index is 0. The number of unbranched alkanes of at least 4 members (excludes halogenated alkanes) is 1. The Morgan fingerprint density at radius 3 is 2.64 bits per heavy atom. The Hall–Kier alpha value is -0.0400. The predicted octanol–water partition coefficient (Wildman–Crippen LogP) is 3.96. The van der Waals surface area contributed by atoms with Crippen LogP contribution in [0.25, 0.3) is 0 Å². The van der Waals surface area contributed by atoms with Crippen LogP contribution in [-0.4, -0.2) is 61.6 Å². The summed E-state index contributed by atoms with van der Waals surface area (Å²) < 4.78 is 0. The Balaban J connectivity index is 0.00000225. The molecular formula is C20H39IN4. The maximum absolute atomic E-state index is 4.93. The van der Waals surface area contributed by atoms with Gasteiger partial charge >= 0.3 is 0 Å². The van der Waals surface area contributed by atoms with Crippen molar-refractivity contribution in [3.05, 3.63) is 0 Å². The molecular weight excluding hydrogens is 423 g/mol. The highest BCUT2D eigenvalue weighted by molar-refractivity contribution is 14.0. The van der Waals surface area contributed by atoms with Crippen LogP contribution in [0.1, 0.15) is 65.2 Å². The molecule has 25 heavy (non-hydrogen) atoms. The number of guanidine groups is 1. The number of hydrogen-bond acceptors (Lipinski definition) is 2. The molecule has 1 N–H and O–H groups in total. The largest absolute Gasteiger partial charge is 0.357 e. The minimum Gasteiger partial charge on any atom is -0.357 e. The van der Waals surface area contributed by atoms with Gasteiger partial charge in [-0.2, -0.15) is 0 Å². The van der Waals surface area contributed by atoms with E-state index >= 15 is 0 Å². The Kier molecular flexibility index (Phi) is 8.79. The molecule has 0 aromatic carbocycles. The molecule has 0 bridgehead atoms. The quantitative estimate of drug-likeness (QED) is 0.281. The van der Waals surface area contributed by atoms with Crippen molar-refractivity contribution in [1.29, 1.82) is 0 Å². The van der Waals surface area contributed by atoms with Gasteiger partial charge in [0.1, 0.15) is 0 Å². The van der Waals surface area contributed by atoms with Gasteiger partial charge in [0.15, 0.2) is 5.96 Å². The van der Waals surface area contributed by atoms with E-state index in [4.69, 9.17) is 4.99 Å². The van der Waals surface area contributed by atoms with E-state index in [1.54, 1.807) is 0 Å². The van der Waals surface area contributed by atoms with Crippen LogP contribution in [0.5, 0.6) is 0 Å². The summed E-state index contributed by atoms with van der Waals surface area (Å²) in [5, 5.41) is 3.52. The fourth-order valence-electron chi connectivity index (χ4n) is 4.75. The summed E-state index contributed by atoms with van der Waals surface area (Å²) in [5.74, 6) is 2.07. The average molecular weight is 462 g/mol. The standard InChI is InChI=1S/C20H38N4.HI/c1-3-21-19(24-15-11-20(17-24)9-7-10-20)22-12-4-5-13-23-14-6-8-18(2)16-23;/h18H,3-17H2,1-2H3,(H,21,22);1H. The molecule has 0 aromatic heterocycles. The van der Waals surface area contributed by atoms with Crippen LogP contribution >= 0.6 is 24.0 Å². The molecule has 2 saturated heterocycles. The number of nitrogens with zero attached hydrogens (tertiary/aromatic N) is 3. The zero-order chi connectivity index (χ0) is 16.8. The first-order valence-electron chi connectivity index (χ1n) is 10.5. The normalized spacial score (nSPS) is 26.4. The second kappa shape index (κ2) is 10.3. The van der Waals surface area contributed by atoms with Gasteiger partial charge in [-0.05, 0) is 76.3 Å². The lowest BCUT2D eigenvalue weighted by atomic mass is 9.68. The molecule has 0 amide bonds. The molecule has 0 aromatic rings. The molecule has 3 fully saturated rings. The lowest BCUT2D eigenvalue weighted by molar-refractivity contribution is 0.151. The van der Waals surface area contributed by atoms with Crippen molar-refractivity contribution in [2.45, 2.75) is 65.2 Å². The molecule has 1 atom stereocenters. The van der Waals surface area contributed by atoms with Crippen molar-refractivity contribution >= 4 is 29.9 Å². The number of likely N-dealkylation sites (tertiary alicyclic amines) is 2. The van der Waals surface area contributed by atoms with Crippen molar-refractivity contribution < 1.29 is 0 Å². The fraction of sp³-hybridized carbons (Fsp3) is 0.950. The summed E-state index contributed by atoms with van der Waals surface area (Å²) >= 11 is 0. The SMILES string of the molecule is CCNC(=NCCCCN1CCCC(C)C1)N1CCC2(CCC2)C1.I. The first-order valence-corrected chi connectivity index (χ1v) is 10.5. The van der Waals surface area contributed by atoms with Crippen molar-refractivity contribution in [2.75, 3.05) is 45.8 Å². The van der Waals surface area contributed by atoms with Crippen molar-refractivity contribution in [1.82, 2.24) is 15.1 Å². The molecule has 1 saturated carbocycles. The maximum Gasteiger partial charge on any atom is 0.193 e. The predicted molar refractivity (Wildman–Crippen MR) is 118 cm³/mol. The zero-order valence-corrected chi connectivity index (χ0v) is 18.8. The molecule has 0 radical (unpaired) electrons. The van der Waals surface area contributed by atoms with E-state index in [2.05, 4.69) is 29.0 Å². The van der Waals surface area contributed by atoms with E-state index in [9.17, 15) is 0 Å². The van der Waals surface area contributed by atoms with Crippen LogP contribution in [0.4, 0.5) is 0 Å². The van der Waals surface area contributed by atoms with Gasteiger partial charge < -0.3 is 15.1 Å². The monoisotopic (exact) mass is 462 g/mol. The second-order valence-electron chi connectivity index (χ2n) is 8.52. The summed E-state index contributed by atoms with van der Waals surface area (Å²) in [5.41, 5.74) is 0.654. The molecule has 1 aliphatic carbocycles. The lowest BCUT2D eigenvalue weighted by Crippen LogP contribution is -2.42. The van der Waals surface area contributed by atoms with Gasteiger partial charge in [-0.25, -0.2) is 0 Å². The highest BCUT2D eigenvalue weighted by Crippen LogP contribution is 2.47. The van der Waals surface area contributed by atoms with E-state index in [-0.39, 0.29) is 24.0 Å². The Bertz CT molecular complexity index is 422. The van der Waals surface area contributed by atoms with Crippen molar-refractivity contribution in [3.63, 3.8) is 0 Å². The maximum atomic E-state index is 4.93. The van der Waals surface area contributed by atoms with Crippen molar-refractivity contribution in [3.8, 4) is 0 Å². The highest BCUT2D eigenvalue weighted by Gasteiger charge is 2.43. The van der Waals surface area contributed by atoms with Crippen molar-refractivity contribution in [2.24, 2.45) is 16.3 Å². The van der Waals surface area contributed by atoms with Crippen LogP contribution in [0.2, 0.25) is 0 Å². The first-order chi connectivity index (χ1) is 11.7. The minimum absolute atomic E-state index is 0. The number of piperidine rings is 1. The van der Waals surface area contributed by atoms with Crippen LogP contribution in [0, 0.1) is 11.3 Å². The van der Waals surface area contributed by atoms with Gasteiger partial charge in [-0.1, -0.05) is 13.3 Å². The molecule has 2 aliphatic heterocycles. The molecule has 1 unspecified atom stereocenters. The topological polar surface area (TPSA) is 30.9 Å². The van der Waals surface area contributed by atoms with E-state index in [0.29, 0.717) is 5.41 Å². The van der Waals surface area contributed by atoms with Crippen LogP contribution in [-0.2, 0) is 0 Å². The van der Waals surface area contributed by atoms with Gasteiger partial charge in [-0.3, -0.25) is 4.99 Å². The van der Waals surface area contributed by atoms with Crippen LogP contribution < -0.4 is 5.32 Å². The van der Waals surface area contributed by atoms with Crippen LogP contribution in [0.3, 0.4) is 0 Å². The summed E-state index contributed by atoms with van der Waals surface area (Å²) in [6.45, 7) is 12.9. The summed E-state index contributed by atoms with van der Waals surface area (Å²) in [6, 6.07) is 0. The highest BCUT2D eigenvalue weighted by atomic mass is 127. The third-order valence-corrected chi connectivity index (χ3v) is 6.37. The molecule has 1 spiro atoms. The summed E-state index contributed by atoms with van der Waals surface area (Å²) in [7, 11) is 0. The lowest BCUT2D eigenvalue weighted by Gasteiger charge is -2.38. The Labute approximate surface area is 172 Å². The molecule has 2 heterocycles. The smallest absolute Gasteiger partial charge is 0.193 e. The number of nitrogens with one attached hydrogen (secondary N) is 1. The number of halogens is 1. The number of rotatable bonds is 6. The summed E-state index contributed by atoms with van der Waals surface area (Å²) in [4.78, 5) is 10.1. The molecule has 146 valence electrons. The molecule has 5 heteroatoms. The first kappa shape index (κ1) is 21.3. The van der Waals surface area contributed by atoms with E-state index in [0.717, 1.165) is 19.0 Å². The Morgan fingerprint density at radius 2 is 2.00 bits per heavy atom. The van der Waals surface area contributed by atoms with Gasteiger partial charge in [-0.15, -0.1) is 24.0 Å². The number of aliphatic imine (C=N–C) groups is 1. The van der Waals surface area contributed by atoms with E-state index < -0.39 is 0 Å². The third kappa shape index (κ3) is 5.98. The van der Waals surface area contributed by atoms with E-state index in [1.165, 1.54) is 90.0 Å². The van der Waals surface area contributed by atoms with E-state index in [1.807, 2.05) is 0 Å². The third-order valence-electron chi connectivity index (χ3n) is 6.37.